The van der Waals surface area contributed by atoms with E-state index in [2.05, 4.69) is 169 Å². The van der Waals surface area contributed by atoms with Crippen LogP contribution in [0.3, 0.4) is 0 Å². The van der Waals surface area contributed by atoms with Crippen LogP contribution in [0.2, 0.25) is 0 Å². The third-order valence-electron chi connectivity index (χ3n) is 9.24. The molecule has 2 aliphatic heterocycles. The molecule has 6 aromatic carbocycles. The van der Waals surface area contributed by atoms with Crippen LogP contribution in [0.1, 0.15) is 5.56 Å². The highest BCUT2D eigenvalue weighted by molar-refractivity contribution is 8.00. The Labute approximate surface area is 301 Å². The first-order chi connectivity index (χ1) is 24.8. The van der Waals surface area contributed by atoms with E-state index >= 15 is 0 Å². The Hall–Kier alpha value is -5.55. The van der Waals surface area contributed by atoms with Gasteiger partial charge in [-0.1, -0.05) is 151 Å². The second kappa shape index (κ2) is 13.4. The smallest absolute Gasteiger partial charge is 0.0702 e. The molecule has 7 aromatic rings. The van der Waals surface area contributed by atoms with Gasteiger partial charge in [0.15, 0.2) is 0 Å². The third-order valence-corrected chi connectivity index (χ3v) is 11.5. The van der Waals surface area contributed by atoms with E-state index in [1.807, 2.05) is 35.8 Å². The first kappa shape index (κ1) is 30.5. The second-order valence-corrected chi connectivity index (χ2v) is 14.6. The average molecular weight is 677 g/mol. The number of dihydropyridines is 1. The molecular weight excluding hydrogens is 645 g/mol. The molecule has 0 aliphatic carbocycles. The topological polar surface area (TPSA) is 24.9 Å². The summed E-state index contributed by atoms with van der Waals surface area (Å²) in [5, 5.41) is 3.57. The molecule has 0 bridgehead atoms. The van der Waals surface area contributed by atoms with E-state index in [4.69, 9.17) is 4.98 Å². The number of nitrogens with zero attached hydrogens (tertiary/aromatic N) is 1. The molecule has 0 unspecified atom stereocenters. The number of rotatable bonds is 4. The number of allylic oxidation sites excluding steroid dienone is 2. The van der Waals surface area contributed by atoms with Crippen molar-refractivity contribution >= 4 is 29.2 Å². The van der Waals surface area contributed by atoms with Gasteiger partial charge in [-0.25, -0.2) is 0 Å². The lowest BCUT2D eigenvalue weighted by Crippen LogP contribution is -2.14. The van der Waals surface area contributed by atoms with Gasteiger partial charge in [0.25, 0.3) is 0 Å². The average Bonchev–Trinajstić information content (AvgIpc) is 3.19. The van der Waals surface area contributed by atoms with E-state index in [1.54, 1.807) is 0 Å². The second-order valence-electron chi connectivity index (χ2n) is 12.4. The van der Waals surface area contributed by atoms with Crippen LogP contribution >= 0.6 is 23.5 Å². The Morgan fingerprint density at radius 1 is 0.440 bits per heavy atom. The summed E-state index contributed by atoms with van der Waals surface area (Å²) < 4.78 is 0. The van der Waals surface area contributed by atoms with Gasteiger partial charge in [-0.2, -0.15) is 0 Å². The Morgan fingerprint density at radius 2 is 0.920 bits per heavy atom. The molecule has 0 spiro atoms. The van der Waals surface area contributed by atoms with Gasteiger partial charge in [-0.15, -0.1) is 0 Å². The summed E-state index contributed by atoms with van der Waals surface area (Å²) in [4.78, 5) is 9.60. The van der Waals surface area contributed by atoms with Crippen LogP contribution in [-0.2, 0) is 0 Å². The van der Waals surface area contributed by atoms with Crippen LogP contribution in [0.4, 0.5) is 0 Å². The van der Waals surface area contributed by atoms with Gasteiger partial charge in [-0.05, 0) is 92.5 Å². The van der Waals surface area contributed by atoms with Gasteiger partial charge in [0.1, 0.15) is 0 Å². The van der Waals surface area contributed by atoms with E-state index in [0.29, 0.717) is 0 Å². The molecule has 0 saturated carbocycles. The molecule has 0 amide bonds. The number of nitrogens with one attached hydrogen (secondary N) is 1. The quantitative estimate of drug-likeness (QED) is 0.201. The highest BCUT2D eigenvalue weighted by Crippen LogP contribution is 2.51. The van der Waals surface area contributed by atoms with Gasteiger partial charge in [0, 0.05) is 43.6 Å². The Kier molecular flexibility index (Phi) is 8.17. The van der Waals surface area contributed by atoms with Gasteiger partial charge >= 0.3 is 0 Å². The number of fused-ring (bicyclic) bond motifs is 6. The van der Waals surface area contributed by atoms with Crippen molar-refractivity contribution < 1.29 is 0 Å². The summed E-state index contributed by atoms with van der Waals surface area (Å²) >= 11 is 3.71. The number of aromatic nitrogens is 1. The van der Waals surface area contributed by atoms with E-state index in [0.717, 1.165) is 23.5 Å². The molecule has 2 aliphatic rings. The molecule has 3 heterocycles. The number of benzene rings is 6. The van der Waals surface area contributed by atoms with E-state index in [9.17, 15) is 0 Å². The van der Waals surface area contributed by atoms with Crippen molar-refractivity contribution in [1.29, 1.82) is 0 Å². The summed E-state index contributed by atoms with van der Waals surface area (Å²) in [6, 6.07) is 55.2. The molecule has 0 fully saturated rings. The third kappa shape index (κ3) is 5.98. The van der Waals surface area contributed by atoms with Crippen LogP contribution in [0.25, 0.3) is 61.5 Å². The van der Waals surface area contributed by atoms with Crippen LogP contribution in [0, 0.1) is 0 Å². The monoisotopic (exact) mass is 676 g/mol. The maximum atomic E-state index is 4.71. The fourth-order valence-corrected chi connectivity index (χ4v) is 9.06. The maximum absolute atomic E-state index is 4.71. The molecule has 0 saturated heterocycles. The first-order valence-electron chi connectivity index (χ1n) is 16.8. The van der Waals surface area contributed by atoms with Crippen molar-refractivity contribution in [2.24, 2.45) is 0 Å². The molecule has 238 valence electrons. The molecule has 0 atom stereocenters. The Bertz CT molecular complexity index is 2420. The van der Waals surface area contributed by atoms with Gasteiger partial charge in [0.05, 0.1) is 5.69 Å². The summed E-state index contributed by atoms with van der Waals surface area (Å²) in [6.45, 7) is 0.829. The summed E-state index contributed by atoms with van der Waals surface area (Å²) in [5.41, 5.74) is 14.2. The fraction of sp³-hybridized carbons (Fsp3) is 0.0217. The molecule has 50 heavy (non-hydrogen) atoms. The van der Waals surface area contributed by atoms with Crippen molar-refractivity contribution in [3.63, 3.8) is 0 Å². The SMILES string of the molecule is C1=CCNC(c2ccc3c(c2)Sc2cc(-c4ccccn4)ccc2-c2ccc(-c4ccccc4)cc2Sc2cc(-c4ccccc4)ccc2-3)=C1. The highest BCUT2D eigenvalue weighted by Gasteiger charge is 2.22. The zero-order valence-corrected chi connectivity index (χ0v) is 28.8. The molecule has 2 nitrogen and oxygen atoms in total. The maximum Gasteiger partial charge on any atom is 0.0702 e. The molecule has 9 rings (SSSR count). The minimum Gasteiger partial charge on any atom is -0.381 e. The lowest BCUT2D eigenvalue weighted by Gasteiger charge is -2.23. The molecule has 4 heteroatoms. The summed E-state index contributed by atoms with van der Waals surface area (Å²) in [6.07, 6.45) is 8.32. The van der Waals surface area contributed by atoms with E-state index < -0.39 is 0 Å². The number of hydrogen-bond acceptors (Lipinski definition) is 4. The van der Waals surface area contributed by atoms with Crippen LogP contribution < -0.4 is 5.32 Å². The largest absolute Gasteiger partial charge is 0.381 e. The molecular formula is C46H32N2S2. The van der Waals surface area contributed by atoms with Gasteiger partial charge in [0.2, 0.25) is 0 Å². The van der Waals surface area contributed by atoms with E-state index in [1.165, 1.54) is 69.7 Å². The Balaban J connectivity index is 1.30. The molecule has 0 radical (unpaired) electrons. The van der Waals surface area contributed by atoms with Crippen molar-refractivity contribution in [2.75, 3.05) is 6.54 Å². The van der Waals surface area contributed by atoms with Crippen LogP contribution in [-0.4, -0.2) is 11.5 Å². The standard InChI is InChI=1S/C46H32N2S2/c1-3-11-31(12-4-1)33-17-21-37-39-23-19-35(41-15-7-9-25-47-41)29-45(39)50-46-30-36(42-16-8-10-26-48-42)20-24-40(46)38-22-18-34(32-13-5-2-6-14-32)28-44(38)49-43(37)27-33/h1-25,27-30,48H,26H2. The number of hydrogen-bond donors (Lipinski definition) is 1. The van der Waals surface area contributed by atoms with Gasteiger partial charge in [-0.3, -0.25) is 4.98 Å². The summed E-state index contributed by atoms with van der Waals surface area (Å²) in [7, 11) is 0. The van der Waals surface area contributed by atoms with Crippen molar-refractivity contribution in [3.05, 3.63) is 182 Å². The highest BCUT2D eigenvalue weighted by atomic mass is 32.2. The van der Waals surface area contributed by atoms with Crippen molar-refractivity contribution in [1.82, 2.24) is 10.3 Å². The zero-order valence-electron chi connectivity index (χ0n) is 27.2. The predicted octanol–water partition coefficient (Wildman–Crippen LogP) is 12.5. The number of pyridine rings is 1. The molecule has 1 aromatic heterocycles. The lowest BCUT2D eigenvalue weighted by atomic mass is 9.98. The first-order valence-corrected chi connectivity index (χ1v) is 18.5. The summed E-state index contributed by atoms with van der Waals surface area (Å²) in [5.74, 6) is 0. The fourth-order valence-electron chi connectivity index (χ4n) is 6.69. The lowest BCUT2D eigenvalue weighted by molar-refractivity contribution is 0.994. The van der Waals surface area contributed by atoms with Gasteiger partial charge < -0.3 is 5.32 Å². The zero-order chi connectivity index (χ0) is 33.3. The molecule has 1 N–H and O–H groups in total. The normalized spacial score (nSPS) is 13.2. The van der Waals surface area contributed by atoms with E-state index in [-0.39, 0.29) is 0 Å². The predicted molar refractivity (Wildman–Crippen MR) is 211 cm³/mol. The van der Waals surface area contributed by atoms with Crippen molar-refractivity contribution in [2.45, 2.75) is 19.6 Å². The minimum atomic E-state index is 0.829. The van der Waals surface area contributed by atoms with Crippen LogP contribution in [0.5, 0.6) is 0 Å². The Morgan fingerprint density at radius 3 is 1.42 bits per heavy atom. The van der Waals surface area contributed by atoms with Crippen LogP contribution in [0.15, 0.2) is 196 Å². The van der Waals surface area contributed by atoms with Crippen molar-refractivity contribution in [3.8, 4) is 55.8 Å². The minimum absolute atomic E-state index is 0.829.